The van der Waals surface area contributed by atoms with Gasteiger partial charge in [-0.25, -0.2) is 0 Å². The van der Waals surface area contributed by atoms with Crippen LogP contribution in [0.4, 0.5) is 0 Å². The molecule has 0 saturated carbocycles. The Labute approximate surface area is 222 Å². The van der Waals surface area contributed by atoms with Gasteiger partial charge in [-0.1, -0.05) is 24.3 Å². The van der Waals surface area contributed by atoms with Crippen molar-refractivity contribution < 1.29 is 28.9 Å². The SMILES string of the molecule is COc1cccc(C2/C(=C(/O)c3ccc4c(c3)CCCO4)C(=O)C(=O)N2Cc2ccc(OC(C)C)cc2)c1. The van der Waals surface area contributed by atoms with Crippen molar-refractivity contribution in [2.75, 3.05) is 13.7 Å². The number of ketones is 1. The van der Waals surface area contributed by atoms with Crippen molar-refractivity contribution in [2.45, 2.75) is 45.4 Å². The molecule has 1 fully saturated rings. The molecule has 38 heavy (non-hydrogen) atoms. The van der Waals surface area contributed by atoms with Crippen molar-refractivity contribution >= 4 is 17.4 Å². The lowest BCUT2D eigenvalue weighted by molar-refractivity contribution is -0.140. The summed E-state index contributed by atoms with van der Waals surface area (Å²) in [5.74, 6) is 0.517. The first-order valence-corrected chi connectivity index (χ1v) is 12.8. The summed E-state index contributed by atoms with van der Waals surface area (Å²) in [4.78, 5) is 28.3. The molecule has 2 heterocycles. The van der Waals surface area contributed by atoms with E-state index in [1.807, 2.05) is 56.3 Å². The van der Waals surface area contributed by atoms with Gasteiger partial charge in [-0.2, -0.15) is 0 Å². The minimum Gasteiger partial charge on any atom is -0.507 e. The normalized spacial score (nSPS) is 18.3. The van der Waals surface area contributed by atoms with Crippen LogP contribution in [0, 0.1) is 0 Å². The molecule has 0 bridgehead atoms. The minimum absolute atomic E-state index is 0.0434. The molecule has 0 radical (unpaired) electrons. The maximum Gasteiger partial charge on any atom is 0.295 e. The van der Waals surface area contributed by atoms with Crippen LogP contribution in [0.3, 0.4) is 0 Å². The number of hydrogen-bond acceptors (Lipinski definition) is 6. The van der Waals surface area contributed by atoms with E-state index in [9.17, 15) is 14.7 Å². The van der Waals surface area contributed by atoms with E-state index < -0.39 is 17.7 Å². The van der Waals surface area contributed by atoms with Crippen molar-refractivity contribution in [2.24, 2.45) is 0 Å². The van der Waals surface area contributed by atoms with Gasteiger partial charge >= 0.3 is 0 Å². The van der Waals surface area contributed by atoms with Gasteiger partial charge in [0.25, 0.3) is 11.7 Å². The van der Waals surface area contributed by atoms with Gasteiger partial charge in [-0.15, -0.1) is 0 Å². The molecule has 1 unspecified atom stereocenters. The van der Waals surface area contributed by atoms with Gasteiger partial charge < -0.3 is 24.2 Å². The van der Waals surface area contributed by atoms with Crippen molar-refractivity contribution in [1.29, 1.82) is 0 Å². The second-order valence-corrected chi connectivity index (χ2v) is 9.79. The molecule has 3 aromatic rings. The van der Waals surface area contributed by atoms with Crippen LogP contribution in [-0.4, -0.2) is 41.5 Å². The van der Waals surface area contributed by atoms with E-state index in [2.05, 4.69) is 0 Å². The largest absolute Gasteiger partial charge is 0.507 e. The predicted molar refractivity (Wildman–Crippen MR) is 143 cm³/mol. The molecule has 1 amide bonds. The van der Waals surface area contributed by atoms with Crippen molar-refractivity contribution in [3.05, 3.63) is 94.6 Å². The van der Waals surface area contributed by atoms with Gasteiger partial charge in [0.2, 0.25) is 0 Å². The van der Waals surface area contributed by atoms with Crippen molar-refractivity contribution in [1.82, 2.24) is 4.90 Å². The molecule has 1 atom stereocenters. The molecular weight excluding hydrogens is 482 g/mol. The number of ether oxygens (including phenoxy) is 3. The Morgan fingerprint density at radius 2 is 1.84 bits per heavy atom. The average molecular weight is 514 g/mol. The number of benzene rings is 3. The predicted octanol–water partition coefficient (Wildman–Crippen LogP) is 5.43. The van der Waals surface area contributed by atoms with Crippen molar-refractivity contribution in [3.63, 3.8) is 0 Å². The summed E-state index contributed by atoms with van der Waals surface area (Å²) in [6.45, 7) is 4.75. The highest BCUT2D eigenvalue weighted by atomic mass is 16.5. The van der Waals surface area contributed by atoms with Gasteiger partial charge in [0.15, 0.2) is 0 Å². The highest BCUT2D eigenvalue weighted by Gasteiger charge is 2.46. The molecule has 2 aliphatic rings. The zero-order valence-corrected chi connectivity index (χ0v) is 21.8. The molecular formula is C31H31NO6. The number of aryl methyl sites for hydroxylation is 1. The van der Waals surface area contributed by atoms with Gasteiger partial charge in [0.1, 0.15) is 23.0 Å². The summed E-state index contributed by atoms with van der Waals surface area (Å²) >= 11 is 0. The maximum atomic E-state index is 13.4. The highest BCUT2D eigenvalue weighted by molar-refractivity contribution is 6.46. The topological polar surface area (TPSA) is 85.3 Å². The Bertz CT molecular complexity index is 1390. The van der Waals surface area contributed by atoms with Crippen LogP contribution >= 0.6 is 0 Å². The first-order chi connectivity index (χ1) is 18.4. The zero-order chi connectivity index (χ0) is 26.8. The minimum atomic E-state index is -0.788. The Morgan fingerprint density at radius 3 is 2.58 bits per heavy atom. The summed E-state index contributed by atoms with van der Waals surface area (Å²) in [6, 6.07) is 19.3. The number of Topliss-reactive ketones (excluding diaryl/α,β-unsaturated/α-hetero) is 1. The van der Waals surface area contributed by atoms with Gasteiger partial charge in [0, 0.05) is 12.1 Å². The molecule has 7 heteroatoms. The molecule has 1 N–H and O–H groups in total. The average Bonchev–Trinajstić information content (AvgIpc) is 3.18. The summed E-state index contributed by atoms with van der Waals surface area (Å²) in [5.41, 5.74) is 3.01. The fourth-order valence-electron chi connectivity index (χ4n) is 5.01. The van der Waals surface area contributed by atoms with E-state index in [0.29, 0.717) is 23.5 Å². The van der Waals surface area contributed by atoms with Crippen LogP contribution in [-0.2, 0) is 22.6 Å². The van der Waals surface area contributed by atoms with E-state index >= 15 is 0 Å². The monoisotopic (exact) mass is 513 g/mol. The molecule has 7 nitrogen and oxygen atoms in total. The van der Waals surface area contributed by atoms with Gasteiger partial charge in [0.05, 0.1) is 31.4 Å². The number of aliphatic hydroxyl groups is 1. The Hall–Kier alpha value is -4.26. The van der Waals surface area contributed by atoms with Crippen LogP contribution in [0.1, 0.15) is 48.6 Å². The Morgan fingerprint density at radius 1 is 1.05 bits per heavy atom. The third-order valence-electron chi connectivity index (χ3n) is 6.78. The number of methoxy groups -OCH3 is 1. The van der Waals surface area contributed by atoms with Crippen LogP contribution in [0.2, 0.25) is 0 Å². The molecule has 5 rings (SSSR count). The summed E-state index contributed by atoms with van der Waals surface area (Å²) in [5, 5.41) is 11.5. The molecule has 0 spiro atoms. The van der Waals surface area contributed by atoms with Crippen LogP contribution < -0.4 is 14.2 Å². The number of aliphatic hydroxyl groups excluding tert-OH is 1. The zero-order valence-electron chi connectivity index (χ0n) is 21.8. The van der Waals surface area contributed by atoms with Gasteiger partial charge in [-0.3, -0.25) is 9.59 Å². The van der Waals surface area contributed by atoms with E-state index in [-0.39, 0.29) is 24.0 Å². The molecule has 0 aliphatic carbocycles. The number of nitrogens with zero attached hydrogens (tertiary/aromatic N) is 1. The molecule has 196 valence electrons. The third-order valence-corrected chi connectivity index (χ3v) is 6.78. The molecule has 1 saturated heterocycles. The maximum absolute atomic E-state index is 13.4. The standard InChI is InChI=1S/C31H31NO6/c1-19(2)38-24-12-9-20(10-13-24)18-32-28(22-6-4-8-25(17-22)36-3)27(30(34)31(32)35)29(33)23-11-14-26-21(16-23)7-5-15-37-26/h4,6,8-14,16-17,19,28,33H,5,7,15,18H2,1-3H3/b29-27-. The number of amides is 1. The van der Waals surface area contributed by atoms with Gasteiger partial charge in [-0.05, 0) is 85.8 Å². The molecule has 0 aromatic heterocycles. The Kier molecular flexibility index (Phi) is 7.09. The number of fused-ring (bicyclic) bond motifs is 1. The second-order valence-electron chi connectivity index (χ2n) is 9.79. The summed E-state index contributed by atoms with van der Waals surface area (Å²) in [6.07, 6.45) is 1.74. The highest BCUT2D eigenvalue weighted by Crippen LogP contribution is 2.42. The smallest absolute Gasteiger partial charge is 0.295 e. The summed E-state index contributed by atoms with van der Waals surface area (Å²) < 4.78 is 16.8. The lowest BCUT2D eigenvalue weighted by Gasteiger charge is -2.26. The van der Waals surface area contributed by atoms with Crippen LogP contribution in [0.25, 0.3) is 5.76 Å². The second kappa shape index (κ2) is 10.6. The first kappa shape index (κ1) is 25.4. The van der Waals surface area contributed by atoms with Crippen LogP contribution in [0.5, 0.6) is 17.2 Å². The lowest BCUT2D eigenvalue weighted by atomic mass is 9.93. The van der Waals surface area contributed by atoms with Crippen molar-refractivity contribution in [3.8, 4) is 17.2 Å². The number of likely N-dealkylation sites (tertiary alicyclic amines) is 1. The molecule has 2 aliphatic heterocycles. The number of rotatable bonds is 7. The Balaban J connectivity index is 1.57. The number of carbonyl (C=O) groups excluding carboxylic acids is 2. The summed E-state index contributed by atoms with van der Waals surface area (Å²) in [7, 11) is 1.56. The van der Waals surface area contributed by atoms with E-state index in [4.69, 9.17) is 14.2 Å². The fraction of sp³-hybridized carbons (Fsp3) is 0.290. The quantitative estimate of drug-likeness (QED) is 0.258. The number of hydrogen-bond donors (Lipinski definition) is 1. The molecule has 3 aromatic carbocycles. The van der Waals surface area contributed by atoms with E-state index in [1.165, 1.54) is 4.90 Å². The first-order valence-electron chi connectivity index (χ1n) is 12.8. The third kappa shape index (κ3) is 4.96. The number of carbonyl (C=O) groups is 2. The van der Waals surface area contributed by atoms with Crippen LogP contribution in [0.15, 0.2) is 72.3 Å². The fourth-order valence-corrected chi connectivity index (χ4v) is 5.01. The lowest BCUT2D eigenvalue weighted by Crippen LogP contribution is -2.29. The van der Waals surface area contributed by atoms with E-state index in [0.717, 1.165) is 35.5 Å². The van der Waals surface area contributed by atoms with E-state index in [1.54, 1.807) is 31.4 Å².